The Morgan fingerprint density at radius 2 is 1.86 bits per heavy atom. The summed E-state index contributed by atoms with van der Waals surface area (Å²) in [4.78, 5) is 11.0. The van der Waals surface area contributed by atoms with Gasteiger partial charge in [0.1, 0.15) is 5.69 Å². The third-order valence-corrected chi connectivity index (χ3v) is 4.34. The van der Waals surface area contributed by atoms with Crippen molar-refractivity contribution in [2.75, 3.05) is 0 Å². The SMILES string of the molecule is O=C(O)c1cc(-c2ccccc2C2CCCCCC2)n[nH]1. The third-order valence-electron chi connectivity index (χ3n) is 4.34. The summed E-state index contributed by atoms with van der Waals surface area (Å²) in [6.45, 7) is 0. The topological polar surface area (TPSA) is 66.0 Å². The highest BCUT2D eigenvalue weighted by Gasteiger charge is 2.19. The van der Waals surface area contributed by atoms with Crippen LogP contribution in [0.3, 0.4) is 0 Å². The number of nitrogens with one attached hydrogen (secondary N) is 1. The van der Waals surface area contributed by atoms with Crippen LogP contribution in [-0.4, -0.2) is 21.3 Å². The number of benzene rings is 1. The molecule has 1 aromatic carbocycles. The Kier molecular flexibility index (Phi) is 4.04. The average Bonchev–Trinajstić information content (AvgIpc) is 2.84. The number of aromatic nitrogens is 2. The van der Waals surface area contributed by atoms with E-state index in [1.165, 1.54) is 44.1 Å². The summed E-state index contributed by atoms with van der Waals surface area (Å²) in [7, 11) is 0. The second-order valence-corrected chi connectivity index (χ2v) is 5.75. The van der Waals surface area contributed by atoms with Gasteiger partial charge in [-0.3, -0.25) is 5.10 Å². The Morgan fingerprint density at radius 1 is 1.14 bits per heavy atom. The van der Waals surface area contributed by atoms with E-state index in [2.05, 4.69) is 22.3 Å². The molecule has 4 heteroatoms. The molecule has 1 aliphatic carbocycles. The van der Waals surface area contributed by atoms with Gasteiger partial charge in [-0.05, 0) is 30.4 Å². The molecular formula is C17H20N2O2. The minimum absolute atomic E-state index is 0.140. The zero-order chi connectivity index (χ0) is 14.7. The van der Waals surface area contributed by atoms with Gasteiger partial charge in [0.15, 0.2) is 0 Å². The van der Waals surface area contributed by atoms with E-state index in [-0.39, 0.29) is 5.69 Å². The maximum Gasteiger partial charge on any atom is 0.353 e. The van der Waals surface area contributed by atoms with Crippen molar-refractivity contribution in [3.63, 3.8) is 0 Å². The van der Waals surface area contributed by atoms with Crippen molar-refractivity contribution in [2.24, 2.45) is 0 Å². The summed E-state index contributed by atoms with van der Waals surface area (Å²) < 4.78 is 0. The fraction of sp³-hybridized carbons (Fsp3) is 0.412. The lowest BCUT2D eigenvalue weighted by Gasteiger charge is -2.17. The van der Waals surface area contributed by atoms with Crippen molar-refractivity contribution < 1.29 is 9.90 Å². The Balaban J connectivity index is 1.96. The zero-order valence-corrected chi connectivity index (χ0v) is 12.0. The van der Waals surface area contributed by atoms with E-state index >= 15 is 0 Å². The van der Waals surface area contributed by atoms with E-state index in [0.717, 1.165) is 11.3 Å². The molecule has 0 atom stereocenters. The summed E-state index contributed by atoms with van der Waals surface area (Å²) in [6, 6.07) is 9.89. The summed E-state index contributed by atoms with van der Waals surface area (Å²) in [5.41, 5.74) is 3.24. The van der Waals surface area contributed by atoms with Gasteiger partial charge in [0.05, 0.1) is 5.69 Å². The molecule has 110 valence electrons. The summed E-state index contributed by atoms with van der Waals surface area (Å²) >= 11 is 0. The minimum atomic E-state index is -0.972. The van der Waals surface area contributed by atoms with E-state index in [1.807, 2.05) is 12.1 Å². The number of aromatic amines is 1. The molecule has 3 rings (SSSR count). The predicted octanol–water partition coefficient (Wildman–Crippen LogP) is 4.21. The van der Waals surface area contributed by atoms with Gasteiger partial charge in [0.2, 0.25) is 0 Å². The summed E-state index contributed by atoms with van der Waals surface area (Å²) in [5, 5.41) is 15.8. The van der Waals surface area contributed by atoms with E-state index in [0.29, 0.717) is 5.92 Å². The number of hydrogen-bond donors (Lipinski definition) is 2. The van der Waals surface area contributed by atoms with E-state index in [9.17, 15) is 4.79 Å². The second kappa shape index (κ2) is 6.12. The molecule has 0 saturated heterocycles. The van der Waals surface area contributed by atoms with Crippen LogP contribution in [0.15, 0.2) is 30.3 Å². The van der Waals surface area contributed by atoms with E-state index in [1.54, 1.807) is 6.07 Å². The van der Waals surface area contributed by atoms with Crippen molar-refractivity contribution in [3.8, 4) is 11.3 Å². The van der Waals surface area contributed by atoms with Crippen LogP contribution in [0.2, 0.25) is 0 Å². The molecule has 4 nitrogen and oxygen atoms in total. The number of carbonyl (C=O) groups is 1. The third kappa shape index (κ3) is 2.99. The Morgan fingerprint density at radius 3 is 2.52 bits per heavy atom. The largest absolute Gasteiger partial charge is 0.477 e. The average molecular weight is 284 g/mol. The van der Waals surface area contributed by atoms with Gasteiger partial charge in [0, 0.05) is 5.56 Å². The summed E-state index contributed by atoms with van der Waals surface area (Å²) in [6.07, 6.45) is 7.63. The number of carboxylic acid groups (broad SMARTS) is 1. The lowest BCUT2D eigenvalue weighted by atomic mass is 9.87. The molecule has 1 aromatic heterocycles. The molecule has 1 saturated carbocycles. The second-order valence-electron chi connectivity index (χ2n) is 5.75. The van der Waals surface area contributed by atoms with Crippen LogP contribution in [0.25, 0.3) is 11.3 Å². The molecular weight excluding hydrogens is 264 g/mol. The maximum atomic E-state index is 11.0. The van der Waals surface area contributed by atoms with Crippen molar-refractivity contribution in [3.05, 3.63) is 41.6 Å². The normalized spacial score (nSPS) is 16.6. The van der Waals surface area contributed by atoms with E-state index < -0.39 is 5.97 Å². The van der Waals surface area contributed by atoms with Gasteiger partial charge in [0.25, 0.3) is 0 Å². The molecule has 0 radical (unpaired) electrons. The maximum absolute atomic E-state index is 11.0. The van der Waals surface area contributed by atoms with Gasteiger partial charge < -0.3 is 5.11 Å². The number of carboxylic acids is 1. The monoisotopic (exact) mass is 284 g/mol. The van der Waals surface area contributed by atoms with Crippen LogP contribution < -0.4 is 0 Å². The molecule has 0 spiro atoms. The molecule has 0 unspecified atom stereocenters. The molecule has 0 amide bonds. The molecule has 1 heterocycles. The highest BCUT2D eigenvalue weighted by Crippen LogP contribution is 2.36. The Hall–Kier alpha value is -2.10. The number of hydrogen-bond acceptors (Lipinski definition) is 2. The first-order chi connectivity index (χ1) is 10.3. The molecule has 0 bridgehead atoms. The minimum Gasteiger partial charge on any atom is -0.477 e. The molecule has 0 aliphatic heterocycles. The summed E-state index contributed by atoms with van der Waals surface area (Å²) in [5.74, 6) is -0.408. The number of rotatable bonds is 3. The van der Waals surface area contributed by atoms with Crippen LogP contribution >= 0.6 is 0 Å². The Bertz CT molecular complexity index is 625. The van der Waals surface area contributed by atoms with Gasteiger partial charge >= 0.3 is 5.97 Å². The van der Waals surface area contributed by atoms with Crippen molar-refractivity contribution >= 4 is 5.97 Å². The first-order valence-electron chi connectivity index (χ1n) is 7.63. The molecule has 21 heavy (non-hydrogen) atoms. The smallest absolute Gasteiger partial charge is 0.353 e. The predicted molar refractivity (Wildman–Crippen MR) is 81.4 cm³/mol. The van der Waals surface area contributed by atoms with Gasteiger partial charge in [-0.1, -0.05) is 49.9 Å². The molecule has 2 aromatic rings. The highest BCUT2D eigenvalue weighted by molar-refractivity contribution is 5.87. The van der Waals surface area contributed by atoms with Crippen LogP contribution in [0, 0.1) is 0 Å². The van der Waals surface area contributed by atoms with Gasteiger partial charge in [-0.2, -0.15) is 5.10 Å². The standard InChI is InChI=1S/C17H20N2O2/c20-17(21)16-11-15(18-19-16)14-10-6-5-9-13(14)12-7-3-1-2-4-8-12/h5-6,9-12H,1-4,7-8H2,(H,18,19)(H,20,21). The first-order valence-corrected chi connectivity index (χ1v) is 7.63. The zero-order valence-electron chi connectivity index (χ0n) is 12.0. The molecule has 2 N–H and O–H groups in total. The van der Waals surface area contributed by atoms with Crippen LogP contribution in [0.1, 0.15) is 60.5 Å². The van der Waals surface area contributed by atoms with Crippen LogP contribution in [0.4, 0.5) is 0 Å². The number of H-pyrrole nitrogens is 1. The first kappa shape index (κ1) is 13.9. The molecule has 1 fully saturated rings. The lowest BCUT2D eigenvalue weighted by Crippen LogP contribution is -2.00. The van der Waals surface area contributed by atoms with Gasteiger partial charge in [-0.25, -0.2) is 4.79 Å². The molecule has 1 aliphatic rings. The van der Waals surface area contributed by atoms with Gasteiger partial charge in [-0.15, -0.1) is 0 Å². The number of aromatic carboxylic acids is 1. The van der Waals surface area contributed by atoms with Crippen LogP contribution in [-0.2, 0) is 0 Å². The quantitative estimate of drug-likeness (QED) is 0.830. The van der Waals surface area contributed by atoms with Crippen molar-refractivity contribution in [2.45, 2.75) is 44.4 Å². The van der Waals surface area contributed by atoms with Crippen LogP contribution in [0.5, 0.6) is 0 Å². The van der Waals surface area contributed by atoms with E-state index in [4.69, 9.17) is 5.11 Å². The highest BCUT2D eigenvalue weighted by atomic mass is 16.4. The Labute approximate surface area is 124 Å². The fourth-order valence-corrected chi connectivity index (χ4v) is 3.25. The lowest BCUT2D eigenvalue weighted by molar-refractivity contribution is 0.0690. The van der Waals surface area contributed by atoms with Crippen molar-refractivity contribution in [1.82, 2.24) is 10.2 Å². The fourth-order valence-electron chi connectivity index (χ4n) is 3.25. The van der Waals surface area contributed by atoms with Crippen molar-refractivity contribution in [1.29, 1.82) is 0 Å². The number of nitrogens with zero attached hydrogens (tertiary/aromatic N) is 1.